The van der Waals surface area contributed by atoms with E-state index >= 15 is 0 Å². The molecule has 20 heavy (non-hydrogen) atoms. The van der Waals surface area contributed by atoms with Crippen molar-refractivity contribution < 1.29 is 23.9 Å². The molecule has 1 N–H and O–H groups in total. The largest absolute Gasteiger partial charge is 0.481 e. The Morgan fingerprint density at radius 1 is 1.10 bits per heavy atom. The maximum atomic E-state index is 12.7. The summed E-state index contributed by atoms with van der Waals surface area (Å²) in [5.74, 6) is -1.94. The van der Waals surface area contributed by atoms with E-state index in [2.05, 4.69) is 0 Å². The number of carboxylic acids is 1. The van der Waals surface area contributed by atoms with Crippen LogP contribution >= 0.6 is 0 Å². The van der Waals surface area contributed by atoms with E-state index in [4.69, 9.17) is 5.11 Å². The lowest BCUT2D eigenvalue weighted by Crippen LogP contribution is -2.29. The summed E-state index contributed by atoms with van der Waals surface area (Å²) in [4.78, 5) is 35.1. The standard InChI is InChI=1S/C14H16FNO4/c1-16(9-8-14(19)20)13(18)7-6-12(17)10-2-4-11(15)5-3-10/h2-5H,6-9H2,1H3,(H,19,20). The Morgan fingerprint density at radius 2 is 1.70 bits per heavy atom. The van der Waals surface area contributed by atoms with E-state index in [1.807, 2.05) is 0 Å². The Hall–Kier alpha value is -2.24. The third kappa shape index (κ3) is 5.17. The summed E-state index contributed by atoms with van der Waals surface area (Å²) < 4.78 is 12.7. The average molecular weight is 281 g/mol. The van der Waals surface area contributed by atoms with Crippen LogP contribution < -0.4 is 0 Å². The summed E-state index contributed by atoms with van der Waals surface area (Å²) in [7, 11) is 1.49. The van der Waals surface area contributed by atoms with E-state index in [0.717, 1.165) is 0 Å². The van der Waals surface area contributed by atoms with Gasteiger partial charge in [-0.2, -0.15) is 0 Å². The van der Waals surface area contributed by atoms with Gasteiger partial charge in [0.15, 0.2) is 5.78 Å². The van der Waals surface area contributed by atoms with Gasteiger partial charge in [0.25, 0.3) is 0 Å². The topological polar surface area (TPSA) is 74.7 Å². The van der Waals surface area contributed by atoms with Crippen molar-refractivity contribution in [1.82, 2.24) is 4.90 Å². The zero-order chi connectivity index (χ0) is 15.1. The summed E-state index contributed by atoms with van der Waals surface area (Å²) in [5.41, 5.74) is 0.354. The van der Waals surface area contributed by atoms with E-state index in [9.17, 15) is 18.8 Å². The molecule has 0 saturated heterocycles. The molecule has 0 aromatic heterocycles. The van der Waals surface area contributed by atoms with Crippen LogP contribution in [0.15, 0.2) is 24.3 Å². The second-order valence-electron chi connectivity index (χ2n) is 4.39. The third-order valence-electron chi connectivity index (χ3n) is 2.82. The number of ketones is 1. The summed E-state index contributed by atoms with van der Waals surface area (Å²) in [6.07, 6.45) is -0.109. The second-order valence-corrected chi connectivity index (χ2v) is 4.39. The zero-order valence-electron chi connectivity index (χ0n) is 11.1. The number of carbonyl (C=O) groups excluding carboxylic acids is 2. The van der Waals surface area contributed by atoms with Gasteiger partial charge in [-0.1, -0.05) is 0 Å². The minimum absolute atomic E-state index is 0.00628. The van der Waals surface area contributed by atoms with Gasteiger partial charge in [-0.25, -0.2) is 4.39 Å². The first-order valence-corrected chi connectivity index (χ1v) is 6.14. The molecule has 0 heterocycles. The summed E-state index contributed by atoms with van der Waals surface area (Å²) in [6, 6.07) is 5.12. The smallest absolute Gasteiger partial charge is 0.305 e. The number of aliphatic carboxylic acids is 1. The zero-order valence-corrected chi connectivity index (χ0v) is 11.1. The van der Waals surface area contributed by atoms with E-state index in [1.165, 1.54) is 36.2 Å². The van der Waals surface area contributed by atoms with Crippen LogP contribution in [0.5, 0.6) is 0 Å². The molecule has 0 bridgehead atoms. The van der Waals surface area contributed by atoms with Gasteiger partial charge in [-0.05, 0) is 24.3 Å². The summed E-state index contributed by atoms with van der Waals surface area (Å²) >= 11 is 0. The Labute approximate surface area is 116 Å². The number of nitrogens with zero attached hydrogens (tertiary/aromatic N) is 1. The van der Waals surface area contributed by atoms with E-state index in [1.54, 1.807) is 0 Å². The quantitative estimate of drug-likeness (QED) is 0.772. The van der Waals surface area contributed by atoms with Crippen LogP contribution in [0.4, 0.5) is 4.39 Å². The van der Waals surface area contributed by atoms with Crippen molar-refractivity contribution in [2.24, 2.45) is 0 Å². The molecule has 108 valence electrons. The number of amides is 1. The Balaban J connectivity index is 2.42. The Morgan fingerprint density at radius 3 is 2.25 bits per heavy atom. The Kier molecular flexibility index (Phi) is 5.83. The lowest BCUT2D eigenvalue weighted by atomic mass is 10.1. The molecule has 0 spiro atoms. The van der Waals surface area contributed by atoms with Crippen molar-refractivity contribution in [3.8, 4) is 0 Å². The number of carboxylic acid groups (broad SMARTS) is 1. The SMILES string of the molecule is CN(CCC(=O)O)C(=O)CCC(=O)c1ccc(F)cc1. The fraction of sp³-hybridized carbons (Fsp3) is 0.357. The van der Waals surface area contributed by atoms with Crippen molar-refractivity contribution in [2.45, 2.75) is 19.3 Å². The van der Waals surface area contributed by atoms with E-state index < -0.39 is 11.8 Å². The van der Waals surface area contributed by atoms with Crippen LogP contribution in [-0.2, 0) is 9.59 Å². The first kappa shape index (κ1) is 15.8. The molecule has 0 unspecified atom stereocenters. The van der Waals surface area contributed by atoms with Gasteiger partial charge in [0.05, 0.1) is 6.42 Å². The molecular weight excluding hydrogens is 265 g/mol. The molecule has 0 aliphatic carbocycles. The van der Waals surface area contributed by atoms with Crippen LogP contribution in [-0.4, -0.2) is 41.3 Å². The molecule has 1 rings (SSSR count). The first-order valence-electron chi connectivity index (χ1n) is 6.14. The lowest BCUT2D eigenvalue weighted by molar-refractivity contribution is -0.138. The van der Waals surface area contributed by atoms with Gasteiger partial charge in [-0.3, -0.25) is 14.4 Å². The highest BCUT2D eigenvalue weighted by Crippen LogP contribution is 2.08. The molecule has 5 nitrogen and oxygen atoms in total. The minimum atomic E-state index is -0.980. The molecule has 0 aliphatic rings. The molecule has 0 saturated carbocycles. The Bertz CT molecular complexity index is 498. The van der Waals surface area contributed by atoms with Crippen molar-refractivity contribution in [1.29, 1.82) is 0 Å². The highest BCUT2D eigenvalue weighted by Gasteiger charge is 2.13. The maximum Gasteiger partial charge on any atom is 0.305 e. The number of halogens is 1. The van der Waals surface area contributed by atoms with Crippen LogP contribution in [0.1, 0.15) is 29.6 Å². The molecule has 0 radical (unpaired) electrons. The van der Waals surface area contributed by atoms with Gasteiger partial charge < -0.3 is 10.0 Å². The molecule has 6 heteroatoms. The number of hydrogen-bond donors (Lipinski definition) is 1. The fourth-order valence-electron chi connectivity index (χ4n) is 1.58. The number of carbonyl (C=O) groups is 3. The van der Waals surface area contributed by atoms with Crippen molar-refractivity contribution in [3.63, 3.8) is 0 Å². The van der Waals surface area contributed by atoms with Gasteiger partial charge in [0, 0.05) is 32.0 Å². The number of benzene rings is 1. The first-order chi connectivity index (χ1) is 9.40. The second kappa shape index (κ2) is 7.37. The summed E-state index contributed by atoms with van der Waals surface area (Å²) in [6.45, 7) is 0.110. The van der Waals surface area contributed by atoms with Crippen molar-refractivity contribution in [2.75, 3.05) is 13.6 Å². The molecule has 1 aromatic rings. The predicted molar refractivity (Wildman–Crippen MR) is 69.9 cm³/mol. The van der Waals surface area contributed by atoms with Crippen LogP contribution in [0.2, 0.25) is 0 Å². The third-order valence-corrected chi connectivity index (χ3v) is 2.82. The molecule has 1 amide bonds. The van der Waals surface area contributed by atoms with Crippen LogP contribution in [0, 0.1) is 5.82 Å². The number of Topliss-reactive ketones (excluding diaryl/α,β-unsaturated/α-hetero) is 1. The van der Waals surface area contributed by atoms with Gasteiger partial charge >= 0.3 is 5.97 Å². The molecular formula is C14H16FNO4. The normalized spacial score (nSPS) is 10.1. The van der Waals surface area contributed by atoms with Crippen molar-refractivity contribution >= 4 is 17.7 Å². The highest BCUT2D eigenvalue weighted by atomic mass is 19.1. The predicted octanol–water partition coefficient (Wildman–Crippen LogP) is 1.72. The molecule has 0 aliphatic heterocycles. The number of hydrogen-bond acceptors (Lipinski definition) is 3. The molecule has 0 fully saturated rings. The fourth-order valence-corrected chi connectivity index (χ4v) is 1.58. The van der Waals surface area contributed by atoms with E-state index in [-0.39, 0.29) is 37.5 Å². The van der Waals surface area contributed by atoms with Crippen molar-refractivity contribution in [3.05, 3.63) is 35.6 Å². The van der Waals surface area contributed by atoms with Gasteiger partial charge in [0.2, 0.25) is 5.91 Å². The lowest BCUT2D eigenvalue weighted by Gasteiger charge is -2.15. The molecule has 1 aromatic carbocycles. The van der Waals surface area contributed by atoms with Crippen LogP contribution in [0.3, 0.4) is 0 Å². The monoisotopic (exact) mass is 281 g/mol. The minimum Gasteiger partial charge on any atom is -0.481 e. The van der Waals surface area contributed by atoms with Gasteiger partial charge in [0.1, 0.15) is 5.82 Å². The maximum absolute atomic E-state index is 12.7. The molecule has 0 atom stereocenters. The average Bonchev–Trinajstić information content (AvgIpc) is 2.42. The van der Waals surface area contributed by atoms with Crippen LogP contribution in [0.25, 0.3) is 0 Å². The highest BCUT2D eigenvalue weighted by molar-refractivity contribution is 5.97. The summed E-state index contributed by atoms with van der Waals surface area (Å²) in [5, 5.41) is 8.51. The number of rotatable bonds is 7. The van der Waals surface area contributed by atoms with Gasteiger partial charge in [-0.15, -0.1) is 0 Å². The van der Waals surface area contributed by atoms with E-state index in [0.29, 0.717) is 5.56 Å².